The van der Waals surface area contributed by atoms with Gasteiger partial charge in [0.1, 0.15) is 5.60 Å². The summed E-state index contributed by atoms with van der Waals surface area (Å²) in [6, 6.07) is 5.42. The number of carbonyl (C=O) groups excluding carboxylic acids is 2. The van der Waals surface area contributed by atoms with Gasteiger partial charge >= 0.3 is 12.2 Å². The highest BCUT2D eigenvalue weighted by Gasteiger charge is 2.43. The van der Waals surface area contributed by atoms with Crippen LogP contribution in [0.15, 0.2) is 29.3 Å². The minimum atomic E-state index is -3.79. The van der Waals surface area contributed by atoms with Crippen molar-refractivity contribution in [2.75, 3.05) is 25.0 Å². The van der Waals surface area contributed by atoms with E-state index in [1.165, 1.54) is 11.3 Å². The van der Waals surface area contributed by atoms with Gasteiger partial charge in [0.05, 0.1) is 26.4 Å². The first-order valence-electron chi connectivity index (χ1n) is 14.9. The smallest absolute Gasteiger partial charge is 0.410 e. The number of aromatic nitrogens is 1. The highest BCUT2D eigenvalue weighted by Crippen LogP contribution is 2.40. The van der Waals surface area contributed by atoms with Crippen LogP contribution in [-0.2, 0) is 19.5 Å². The third-order valence-electron chi connectivity index (χ3n) is 7.31. The van der Waals surface area contributed by atoms with Crippen molar-refractivity contribution >= 4 is 39.2 Å². The number of amides is 2. The molecular weight excluding hydrogens is 590 g/mol. The van der Waals surface area contributed by atoms with E-state index in [0.29, 0.717) is 24.3 Å². The Kier molecular flexibility index (Phi) is 9.97. The number of benzene rings is 1. The molecule has 2 amide bonds. The average molecular weight is 636 g/mol. The van der Waals surface area contributed by atoms with Crippen LogP contribution in [0, 0.1) is 0 Å². The van der Waals surface area contributed by atoms with E-state index >= 15 is 0 Å². The summed E-state index contributed by atoms with van der Waals surface area (Å²) in [5.74, 6) is 0.249. The Bertz CT molecular complexity index is 1400. The van der Waals surface area contributed by atoms with E-state index in [-0.39, 0.29) is 41.7 Å². The van der Waals surface area contributed by atoms with E-state index in [9.17, 15) is 18.0 Å². The molecule has 2 aromatic rings. The van der Waals surface area contributed by atoms with Gasteiger partial charge in [0.25, 0.3) is 0 Å². The Morgan fingerprint density at radius 2 is 1.84 bits per heavy atom. The molecule has 0 atom stereocenters. The fourth-order valence-corrected chi connectivity index (χ4v) is 7.95. The molecule has 1 aliphatic carbocycles. The van der Waals surface area contributed by atoms with Crippen molar-refractivity contribution in [3.8, 4) is 10.4 Å². The summed E-state index contributed by atoms with van der Waals surface area (Å²) in [7, 11) is -3.79. The molecule has 2 heterocycles. The van der Waals surface area contributed by atoms with Crippen molar-refractivity contribution in [3.63, 3.8) is 0 Å². The number of anilines is 1. The van der Waals surface area contributed by atoms with Crippen molar-refractivity contribution < 1.29 is 27.5 Å². The molecule has 2 aliphatic rings. The van der Waals surface area contributed by atoms with Gasteiger partial charge in [0, 0.05) is 49.0 Å². The van der Waals surface area contributed by atoms with Gasteiger partial charge in [-0.2, -0.15) is 0 Å². The second kappa shape index (κ2) is 13.0. The van der Waals surface area contributed by atoms with Crippen LogP contribution in [0.5, 0.6) is 0 Å². The molecule has 1 aliphatic heterocycles. The number of nitrogens with zero attached hydrogens (tertiary/aromatic N) is 2. The standard InChI is InChI=1S/C30H45N5O6S2/c1-8-32-43(38,39)25-15-22(34-30(7)17-35(18-30)28(37)41-29(4,5)6)13-14-23(25)24-16-31-26(42-24)20-9-11-21(12-10-20)33-27(36)40-19(2)3/h13-16,19-21,32,34H,8-12,17-18H2,1-7H3,(H,33,36). The van der Waals surface area contributed by atoms with Crippen LogP contribution in [0.3, 0.4) is 0 Å². The lowest BCUT2D eigenvalue weighted by Gasteiger charge is -2.48. The van der Waals surface area contributed by atoms with Gasteiger partial charge in [-0.15, -0.1) is 11.3 Å². The maximum Gasteiger partial charge on any atom is 0.410 e. The van der Waals surface area contributed by atoms with Crippen molar-refractivity contribution in [2.45, 2.75) is 108 Å². The highest BCUT2D eigenvalue weighted by atomic mass is 32.2. The van der Waals surface area contributed by atoms with E-state index in [4.69, 9.17) is 14.5 Å². The number of alkyl carbamates (subject to hydrolysis) is 1. The number of nitrogens with one attached hydrogen (secondary N) is 3. The molecule has 0 spiro atoms. The van der Waals surface area contributed by atoms with E-state index in [1.54, 1.807) is 24.1 Å². The number of sulfonamides is 1. The first-order valence-corrected chi connectivity index (χ1v) is 17.2. The topological polar surface area (TPSA) is 139 Å². The summed E-state index contributed by atoms with van der Waals surface area (Å²) < 4.78 is 40.0. The van der Waals surface area contributed by atoms with Gasteiger partial charge in [0.15, 0.2) is 0 Å². The molecule has 1 saturated carbocycles. The second-order valence-electron chi connectivity index (χ2n) is 12.9. The number of thiazole rings is 1. The summed E-state index contributed by atoms with van der Waals surface area (Å²) in [6.45, 7) is 14.0. The lowest BCUT2D eigenvalue weighted by atomic mass is 9.86. The zero-order valence-corrected chi connectivity index (χ0v) is 27.8. The van der Waals surface area contributed by atoms with Crippen molar-refractivity contribution in [1.82, 2.24) is 19.9 Å². The highest BCUT2D eigenvalue weighted by molar-refractivity contribution is 7.89. The molecule has 0 radical (unpaired) electrons. The zero-order valence-electron chi connectivity index (χ0n) is 26.2. The summed E-state index contributed by atoms with van der Waals surface area (Å²) in [5, 5.41) is 7.35. The Labute approximate surface area is 259 Å². The predicted molar refractivity (Wildman–Crippen MR) is 168 cm³/mol. The minimum Gasteiger partial charge on any atom is -0.447 e. The van der Waals surface area contributed by atoms with E-state index in [0.717, 1.165) is 35.6 Å². The summed E-state index contributed by atoms with van der Waals surface area (Å²) in [6.07, 6.45) is 4.27. The second-order valence-corrected chi connectivity index (χ2v) is 15.7. The van der Waals surface area contributed by atoms with Crippen molar-refractivity contribution in [2.24, 2.45) is 0 Å². The van der Waals surface area contributed by atoms with Crippen LogP contribution in [0.1, 0.15) is 85.1 Å². The number of hydrogen-bond donors (Lipinski definition) is 3. The summed E-state index contributed by atoms with van der Waals surface area (Å²) >= 11 is 1.51. The molecule has 4 rings (SSSR count). The molecule has 0 bridgehead atoms. The number of hydrogen-bond acceptors (Lipinski definition) is 9. The molecule has 2 fully saturated rings. The SMILES string of the molecule is CCNS(=O)(=O)c1cc(NC2(C)CN(C(=O)OC(C)(C)C)C2)ccc1-c1cnc(C2CCC(NC(=O)OC(C)C)CC2)s1. The monoisotopic (exact) mass is 635 g/mol. The molecule has 3 N–H and O–H groups in total. The summed E-state index contributed by atoms with van der Waals surface area (Å²) in [4.78, 5) is 31.7. The fourth-order valence-electron chi connectivity index (χ4n) is 5.47. The van der Waals surface area contributed by atoms with Gasteiger partial charge < -0.3 is 25.0 Å². The van der Waals surface area contributed by atoms with Gasteiger partial charge in [-0.1, -0.05) is 13.0 Å². The van der Waals surface area contributed by atoms with Gasteiger partial charge in [-0.3, -0.25) is 0 Å². The Morgan fingerprint density at radius 3 is 2.44 bits per heavy atom. The Balaban J connectivity index is 1.47. The predicted octanol–water partition coefficient (Wildman–Crippen LogP) is 5.69. The lowest BCUT2D eigenvalue weighted by molar-refractivity contribution is -0.00124. The van der Waals surface area contributed by atoms with Crippen LogP contribution in [0.25, 0.3) is 10.4 Å². The third-order valence-corrected chi connectivity index (χ3v) is 10.1. The normalized spacial score (nSPS) is 20.3. The fraction of sp³-hybridized carbons (Fsp3) is 0.633. The number of ether oxygens (including phenoxy) is 2. The van der Waals surface area contributed by atoms with Crippen LogP contribution in [0.4, 0.5) is 15.3 Å². The van der Waals surface area contributed by atoms with Crippen molar-refractivity contribution in [1.29, 1.82) is 0 Å². The minimum absolute atomic E-state index is 0.0765. The Hall–Kier alpha value is -2.90. The first kappa shape index (κ1) is 33.0. The van der Waals surface area contributed by atoms with Crippen LogP contribution in [0.2, 0.25) is 0 Å². The molecule has 11 nitrogen and oxygen atoms in total. The first-order chi connectivity index (χ1) is 20.1. The van der Waals surface area contributed by atoms with E-state index < -0.39 is 21.2 Å². The number of carbonyl (C=O) groups is 2. The largest absolute Gasteiger partial charge is 0.447 e. The van der Waals surface area contributed by atoms with Crippen LogP contribution >= 0.6 is 11.3 Å². The molecule has 43 heavy (non-hydrogen) atoms. The molecule has 13 heteroatoms. The van der Waals surface area contributed by atoms with Crippen LogP contribution < -0.4 is 15.4 Å². The maximum absolute atomic E-state index is 13.3. The van der Waals surface area contributed by atoms with E-state index in [1.807, 2.05) is 53.7 Å². The molecule has 238 valence electrons. The molecular formula is C30H45N5O6S2. The molecule has 0 unspecified atom stereocenters. The quantitative estimate of drug-likeness (QED) is 0.319. The van der Waals surface area contributed by atoms with Gasteiger partial charge in [-0.25, -0.2) is 27.7 Å². The Morgan fingerprint density at radius 1 is 1.16 bits per heavy atom. The lowest BCUT2D eigenvalue weighted by Crippen LogP contribution is -2.66. The molecule has 1 aromatic heterocycles. The maximum atomic E-state index is 13.3. The van der Waals surface area contributed by atoms with Crippen molar-refractivity contribution in [3.05, 3.63) is 29.4 Å². The molecule has 1 aromatic carbocycles. The number of rotatable bonds is 9. The van der Waals surface area contributed by atoms with Gasteiger partial charge in [-0.05, 0) is 79.4 Å². The summed E-state index contributed by atoms with van der Waals surface area (Å²) in [5.41, 5.74) is 0.251. The third kappa shape index (κ3) is 8.60. The van der Waals surface area contributed by atoms with E-state index in [2.05, 4.69) is 15.4 Å². The van der Waals surface area contributed by atoms with Crippen LogP contribution in [-0.4, -0.2) is 73.4 Å². The average Bonchev–Trinajstić information content (AvgIpc) is 3.36. The zero-order chi connectivity index (χ0) is 31.6. The number of likely N-dealkylation sites (tertiary alicyclic amines) is 1. The van der Waals surface area contributed by atoms with Gasteiger partial charge in [0.2, 0.25) is 10.0 Å². The molecule has 1 saturated heterocycles.